The second-order valence-electron chi connectivity index (χ2n) is 3.49. The van der Waals surface area contributed by atoms with Crippen LogP contribution in [0.25, 0.3) is 0 Å². The molecule has 2 rings (SSSR count). The number of carbonyl (C=O) groups excluding carboxylic acids is 1. The van der Waals surface area contributed by atoms with Crippen molar-refractivity contribution in [2.75, 3.05) is 26.2 Å². The van der Waals surface area contributed by atoms with Crippen molar-refractivity contribution in [3.63, 3.8) is 0 Å². The summed E-state index contributed by atoms with van der Waals surface area (Å²) in [6, 6.07) is 0. The van der Waals surface area contributed by atoms with Crippen LogP contribution in [0.5, 0.6) is 0 Å². The third-order valence-electron chi connectivity index (χ3n) is 2.29. The number of carboxylic acids is 2. The first-order valence-electron chi connectivity index (χ1n) is 5.15. The van der Waals surface area contributed by atoms with Gasteiger partial charge in [0, 0.05) is 12.8 Å². The highest BCUT2D eigenvalue weighted by molar-refractivity contribution is 6.26. The Balaban J connectivity index is 0.000000187. The van der Waals surface area contributed by atoms with Crippen LogP contribution in [0.4, 0.5) is 0 Å². The molecule has 90 valence electrons. The number of carboxylic acid groups (broad SMARTS) is 2. The number of hydrogen-bond acceptors (Lipinski definition) is 5. The highest BCUT2D eigenvalue weighted by atomic mass is 16.4. The summed E-state index contributed by atoms with van der Waals surface area (Å²) in [6.45, 7) is 4.74. The van der Waals surface area contributed by atoms with Gasteiger partial charge in [0.1, 0.15) is 0 Å². The second-order valence-corrected chi connectivity index (χ2v) is 3.49. The van der Waals surface area contributed by atoms with Crippen LogP contribution in [-0.2, 0) is 9.59 Å². The third-order valence-corrected chi connectivity index (χ3v) is 2.29. The molecule has 0 unspecified atom stereocenters. The van der Waals surface area contributed by atoms with E-state index in [2.05, 4.69) is 15.2 Å². The number of carbonyl (C=O) groups is 2. The van der Waals surface area contributed by atoms with Crippen molar-refractivity contribution in [2.45, 2.75) is 12.8 Å². The Bertz CT molecular complexity index is 268. The summed E-state index contributed by atoms with van der Waals surface area (Å²) in [5.74, 6) is -2.75. The molecule has 0 amide bonds. The van der Waals surface area contributed by atoms with E-state index in [1.54, 1.807) is 0 Å². The van der Waals surface area contributed by atoms with Crippen LogP contribution in [-0.4, -0.2) is 53.8 Å². The normalized spacial score (nSPS) is 18.2. The van der Waals surface area contributed by atoms with Gasteiger partial charge in [-0.15, -0.1) is 0 Å². The second kappa shape index (κ2) is 5.94. The summed E-state index contributed by atoms with van der Waals surface area (Å²) >= 11 is 0. The van der Waals surface area contributed by atoms with E-state index in [4.69, 9.17) is 19.8 Å². The van der Waals surface area contributed by atoms with Gasteiger partial charge in [0.05, 0.1) is 26.2 Å². The van der Waals surface area contributed by atoms with Gasteiger partial charge in [-0.25, -0.2) is 4.79 Å². The molecule has 0 saturated heterocycles. The Kier molecular flexibility index (Phi) is 4.56. The van der Waals surface area contributed by atoms with E-state index in [1.807, 2.05) is 0 Å². The van der Waals surface area contributed by atoms with Gasteiger partial charge in [-0.1, -0.05) is 0 Å². The first kappa shape index (κ1) is 12.3. The van der Waals surface area contributed by atoms with Gasteiger partial charge in [0.15, 0.2) is 5.97 Å². The number of aliphatic carboxylic acids is 2. The summed E-state index contributed by atoms with van der Waals surface area (Å²) in [6.07, 6.45) is 2.57. The van der Waals surface area contributed by atoms with E-state index in [0.29, 0.717) is 0 Å². The minimum absolute atomic E-state index is 1.14. The van der Waals surface area contributed by atoms with Crippen molar-refractivity contribution in [1.29, 1.82) is 0 Å². The van der Waals surface area contributed by atoms with Crippen molar-refractivity contribution in [3.8, 4) is 0 Å². The lowest BCUT2D eigenvalue weighted by Crippen LogP contribution is -2.52. The quantitative estimate of drug-likeness (QED) is 0.305. The van der Waals surface area contributed by atoms with Crippen LogP contribution in [0.15, 0.2) is 0 Å². The Labute approximate surface area is 92.8 Å². The third kappa shape index (κ3) is 3.76. The summed E-state index contributed by atoms with van der Waals surface area (Å²) in [5.41, 5.74) is 0. The smallest absolute Gasteiger partial charge is 0.351 e. The zero-order valence-electron chi connectivity index (χ0n) is 8.86. The van der Waals surface area contributed by atoms with Crippen LogP contribution in [0.3, 0.4) is 0 Å². The fourth-order valence-corrected chi connectivity index (χ4v) is 1.57. The van der Waals surface area contributed by atoms with Gasteiger partial charge in [-0.3, -0.25) is 15.2 Å². The fourth-order valence-electron chi connectivity index (χ4n) is 1.57. The molecule has 7 heteroatoms. The number of guanidine groups is 1. The van der Waals surface area contributed by atoms with E-state index >= 15 is 0 Å². The Morgan fingerprint density at radius 2 is 1.62 bits per heavy atom. The van der Waals surface area contributed by atoms with Crippen LogP contribution in [0.1, 0.15) is 12.8 Å². The molecule has 0 spiro atoms. The van der Waals surface area contributed by atoms with E-state index < -0.39 is 11.9 Å². The molecule has 0 aliphatic carbocycles. The molecule has 0 aromatic rings. The van der Waals surface area contributed by atoms with Crippen molar-refractivity contribution < 1.29 is 24.4 Å². The van der Waals surface area contributed by atoms with E-state index in [9.17, 15) is 0 Å². The first-order chi connectivity index (χ1) is 7.61. The van der Waals surface area contributed by atoms with Crippen LogP contribution >= 0.6 is 0 Å². The lowest BCUT2D eigenvalue weighted by molar-refractivity contribution is -0.539. The largest absolute Gasteiger partial charge is 0.539 e. The highest BCUT2D eigenvalue weighted by Crippen LogP contribution is 1.95. The Hall–Kier alpha value is -1.79. The van der Waals surface area contributed by atoms with E-state index in [-0.39, 0.29) is 0 Å². The zero-order chi connectivity index (χ0) is 12.0. The van der Waals surface area contributed by atoms with E-state index in [1.165, 1.54) is 31.9 Å². The molecule has 16 heavy (non-hydrogen) atoms. The number of rotatable bonds is 0. The predicted molar refractivity (Wildman–Crippen MR) is 52.9 cm³/mol. The molecule has 2 aliphatic heterocycles. The average Bonchev–Trinajstić information content (AvgIpc) is 2.30. The molecule has 0 saturated carbocycles. The van der Waals surface area contributed by atoms with Gasteiger partial charge in [0.2, 0.25) is 0 Å². The standard InChI is InChI=1S/C7H13N3.C2H2O4/c1-3-8-7-9-4-2-6-10(7)5-1;3-1(4)2(5)6/h1-6H2,(H,8,9);(H,3,4)(H,5,6). The molecule has 0 aromatic carbocycles. The van der Waals surface area contributed by atoms with Crippen molar-refractivity contribution in [3.05, 3.63) is 0 Å². The number of nitrogens with one attached hydrogen (secondary N) is 2. The summed E-state index contributed by atoms with van der Waals surface area (Å²) in [5, 5.41) is 23.0. The number of hydrogen-bond donors (Lipinski definition) is 3. The SMILES string of the molecule is C1CNC2=[N+](C1)CCCN2.O=C([O-])C(=O)O. The fraction of sp³-hybridized carbons (Fsp3) is 0.667. The van der Waals surface area contributed by atoms with Crippen molar-refractivity contribution in [2.24, 2.45) is 0 Å². The molecule has 0 atom stereocenters. The summed E-state index contributed by atoms with van der Waals surface area (Å²) < 4.78 is 2.40. The maximum atomic E-state index is 9.04. The topological polar surface area (TPSA) is 105 Å². The molecule has 2 heterocycles. The van der Waals surface area contributed by atoms with E-state index in [0.717, 1.165) is 13.1 Å². The van der Waals surface area contributed by atoms with Crippen LogP contribution < -0.4 is 15.7 Å². The minimum Gasteiger partial charge on any atom is -0.539 e. The molecule has 2 aliphatic rings. The summed E-state index contributed by atoms with van der Waals surface area (Å²) in [4.78, 5) is 18.0. The van der Waals surface area contributed by atoms with Crippen molar-refractivity contribution in [1.82, 2.24) is 10.6 Å². The first-order valence-corrected chi connectivity index (χ1v) is 5.15. The lowest BCUT2D eigenvalue weighted by Gasteiger charge is -2.22. The van der Waals surface area contributed by atoms with Gasteiger partial charge in [-0.2, -0.15) is 0 Å². The van der Waals surface area contributed by atoms with Crippen LogP contribution in [0, 0.1) is 0 Å². The van der Waals surface area contributed by atoms with Gasteiger partial charge >= 0.3 is 11.9 Å². The Morgan fingerprint density at radius 3 is 1.94 bits per heavy atom. The highest BCUT2D eigenvalue weighted by Gasteiger charge is 2.19. The van der Waals surface area contributed by atoms with Gasteiger partial charge in [-0.05, 0) is 0 Å². The Morgan fingerprint density at radius 1 is 1.19 bits per heavy atom. The van der Waals surface area contributed by atoms with Gasteiger partial charge < -0.3 is 15.0 Å². The molecule has 0 fully saturated rings. The number of nitrogens with zero attached hydrogens (tertiary/aromatic N) is 1. The molecule has 7 nitrogen and oxygen atoms in total. The van der Waals surface area contributed by atoms with Gasteiger partial charge in [0.25, 0.3) is 0 Å². The zero-order valence-corrected chi connectivity index (χ0v) is 8.86. The maximum absolute atomic E-state index is 9.04. The molecule has 3 N–H and O–H groups in total. The molecule has 0 radical (unpaired) electrons. The summed E-state index contributed by atoms with van der Waals surface area (Å²) in [7, 11) is 0. The molecular weight excluding hydrogens is 214 g/mol. The molecule has 0 bridgehead atoms. The monoisotopic (exact) mass is 229 g/mol. The predicted octanol–water partition coefficient (Wildman–Crippen LogP) is -2.84. The lowest BCUT2D eigenvalue weighted by atomic mass is 10.3. The maximum Gasteiger partial charge on any atom is 0.351 e. The molecule has 0 aromatic heterocycles. The average molecular weight is 229 g/mol. The van der Waals surface area contributed by atoms with Crippen molar-refractivity contribution >= 4 is 17.9 Å². The van der Waals surface area contributed by atoms with Crippen LogP contribution in [0.2, 0.25) is 0 Å². The molecular formula is C9H15N3O4. The minimum atomic E-state index is -2.07.